The van der Waals surface area contributed by atoms with Crippen molar-refractivity contribution in [1.82, 2.24) is 0 Å². The zero-order valence-corrected chi connectivity index (χ0v) is 8.06. The van der Waals surface area contributed by atoms with E-state index in [9.17, 15) is 0 Å². The van der Waals surface area contributed by atoms with Gasteiger partial charge in [0.15, 0.2) is 17.4 Å². The average molecular weight is 211 g/mol. The van der Waals surface area contributed by atoms with E-state index in [1.54, 1.807) is 0 Å². The molecule has 1 heteroatoms. The lowest BCUT2D eigenvalue weighted by Crippen LogP contribution is -1.94. The van der Waals surface area contributed by atoms with Crippen LogP contribution in [0, 0.1) is 6.92 Å². The maximum absolute atomic E-state index is 4.18. The summed E-state index contributed by atoms with van der Waals surface area (Å²) in [7, 11) is 0. The van der Waals surface area contributed by atoms with E-state index in [0.717, 1.165) is 0 Å². The molecule has 0 atom stereocenters. The minimum atomic E-state index is 0. The first-order valence-corrected chi connectivity index (χ1v) is 4.81. The zero-order chi connectivity index (χ0) is 9.80. The smallest absolute Gasteiger partial charge is 0.0622 e. The van der Waals surface area contributed by atoms with Crippen molar-refractivity contribution in [1.29, 1.82) is 0 Å². The van der Waals surface area contributed by atoms with Gasteiger partial charge in [0.05, 0.1) is 0 Å². The Hall–Kier alpha value is -1.03. The quantitative estimate of drug-likeness (QED) is 0.669. The minimum Gasteiger partial charge on any atom is -0.0622 e. The van der Waals surface area contributed by atoms with Crippen molar-refractivity contribution in [2.75, 3.05) is 0 Å². The molecule has 0 bridgehead atoms. The molecule has 0 aliphatic heterocycles. The molecule has 0 fully saturated rings. The van der Waals surface area contributed by atoms with Gasteiger partial charge in [-0.05, 0) is 18.1 Å². The molecule has 0 aliphatic rings. The second-order valence-electron chi connectivity index (χ2n) is 3.37. The van der Waals surface area contributed by atoms with E-state index in [4.69, 9.17) is 0 Å². The Balaban J connectivity index is 0.00000112. The predicted octanol–water partition coefficient (Wildman–Crippen LogP) is 2.47. The van der Waals surface area contributed by atoms with Crippen molar-refractivity contribution in [3.8, 4) is 0 Å². The highest BCUT2D eigenvalue weighted by atomic mass is 27.0. The van der Waals surface area contributed by atoms with Crippen molar-refractivity contribution >= 4 is 17.4 Å². The number of hydrogen-bond acceptors (Lipinski definition) is 0. The van der Waals surface area contributed by atoms with Gasteiger partial charge in [0, 0.05) is 5.92 Å². The fourth-order valence-electron chi connectivity index (χ4n) is 1.56. The summed E-state index contributed by atoms with van der Waals surface area (Å²) in [5, 5.41) is 0. The molecule has 0 saturated heterocycles. The van der Waals surface area contributed by atoms with E-state index in [1.807, 2.05) is 12.1 Å². The van der Waals surface area contributed by atoms with E-state index < -0.39 is 0 Å². The summed E-state index contributed by atoms with van der Waals surface area (Å²) in [5.41, 5.74) is 2.53. The molecule has 15 heavy (non-hydrogen) atoms. The SMILES string of the molecule is [AlH3].[CH2]C(c1ccccc1)c1ccccc1. The Morgan fingerprint density at radius 2 is 1.00 bits per heavy atom. The molecule has 0 N–H and O–H groups in total. The number of hydrogen-bond donors (Lipinski definition) is 0. The molecule has 1 radical (unpaired) electrons. The predicted molar refractivity (Wildman–Crippen MR) is 70.0 cm³/mol. The fourth-order valence-corrected chi connectivity index (χ4v) is 1.56. The molecule has 0 aliphatic carbocycles. The molecule has 0 saturated carbocycles. The second-order valence-corrected chi connectivity index (χ2v) is 3.37. The van der Waals surface area contributed by atoms with Gasteiger partial charge in [-0.2, -0.15) is 0 Å². The molecule has 2 aromatic carbocycles. The van der Waals surface area contributed by atoms with Crippen molar-refractivity contribution in [3.05, 3.63) is 78.7 Å². The van der Waals surface area contributed by atoms with Crippen LogP contribution in [0.1, 0.15) is 17.0 Å². The first-order chi connectivity index (χ1) is 6.88. The van der Waals surface area contributed by atoms with Crippen LogP contribution in [0.4, 0.5) is 0 Å². The van der Waals surface area contributed by atoms with Gasteiger partial charge in [0.1, 0.15) is 0 Å². The standard InChI is InChI=1S/C14H13.Al.3H/c1-12(13-8-4-2-5-9-13)14-10-6-3-7-11-14;;;;/h2-12H,1H2;;;;. The van der Waals surface area contributed by atoms with E-state index in [0.29, 0.717) is 0 Å². The average Bonchev–Trinajstić information content (AvgIpc) is 2.30. The Bertz CT molecular complexity index is 341. The molecule has 2 rings (SSSR count). The third-order valence-electron chi connectivity index (χ3n) is 2.40. The van der Waals surface area contributed by atoms with Crippen LogP contribution in [0.5, 0.6) is 0 Å². The summed E-state index contributed by atoms with van der Waals surface area (Å²) in [6.07, 6.45) is 0. The third kappa shape index (κ3) is 2.96. The van der Waals surface area contributed by atoms with E-state index in [1.165, 1.54) is 11.1 Å². The van der Waals surface area contributed by atoms with Crippen LogP contribution in [0.15, 0.2) is 60.7 Å². The highest BCUT2D eigenvalue weighted by Gasteiger charge is 2.05. The van der Waals surface area contributed by atoms with Crippen LogP contribution in [0.3, 0.4) is 0 Å². The summed E-state index contributed by atoms with van der Waals surface area (Å²) in [4.78, 5) is 0. The first-order valence-electron chi connectivity index (χ1n) is 4.81. The molecular formula is C14H16Al. The molecule has 0 amide bonds. The maximum Gasteiger partial charge on any atom is 0.187 e. The molecule has 2 aromatic rings. The Kier molecular flexibility index (Phi) is 4.62. The summed E-state index contributed by atoms with van der Waals surface area (Å²) >= 11 is 0. The molecule has 0 aromatic heterocycles. The molecule has 0 heterocycles. The van der Waals surface area contributed by atoms with Crippen molar-refractivity contribution < 1.29 is 0 Å². The minimum absolute atomic E-state index is 0. The van der Waals surface area contributed by atoms with Gasteiger partial charge in [-0.15, -0.1) is 0 Å². The van der Waals surface area contributed by atoms with Gasteiger partial charge >= 0.3 is 0 Å². The number of rotatable bonds is 2. The van der Waals surface area contributed by atoms with Crippen LogP contribution in [-0.2, 0) is 0 Å². The van der Waals surface area contributed by atoms with Crippen LogP contribution in [0.2, 0.25) is 0 Å². The first kappa shape index (κ1) is 12.0. The summed E-state index contributed by atoms with van der Waals surface area (Å²) in [6, 6.07) is 20.7. The van der Waals surface area contributed by atoms with E-state index in [2.05, 4.69) is 55.5 Å². The number of benzene rings is 2. The Labute approximate surface area is 102 Å². The van der Waals surface area contributed by atoms with Gasteiger partial charge in [0.2, 0.25) is 0 Å². The van der Waals surface area contributed by atoms with Crippen molar-refractivity contribution in [2.24, 2.45) is 0 Å². The highest BCUT2D eigenvalue weighted by Crippen LogP contribution is 2.22. The van der Waals surface area contributed by atoms with Crippen molar-refractivity contribution in [2.45, 2.75) is 5.92 Å². The zero-order valence-electron chi connectivity index (χ0n) is 8.06. The topological polar surface area (TPSA) is 0 Å². The molecule has 0 spiro atoms. The summed E-state index contributed by atoms with van der Waals surface area (Å²) < 4.78 is 0. The van der Waals surface area contributed by atoms with Crippen LogP contribution < -0.4 is 0 Å². The normalized spacial score (nSPS) is 9.73. The van der Waals surface area contributed by atoms with Crippen LogP contribution in [0.25, 0.3) is 0 Å². The van der Waals surface area contributed by atoms with E-state index >= 15 is 0 Å². The van der Waals surface area contributed by atoms with Gasteiger partial charge in [0.25, 0.3) is 0 Å². The second kappa shape index (κ2) is 5.76. The van der Waals surface area contributed by atoms with Crippen molar-refractivity contribution in [3.63, 3.8) is 0 Å². The third-order valence-corrected chi connectivity index (χ3v) is 2.40. The van der Waals surface area contributed by atoms with Crippen LogP contribution in [-0.4, -0.2) is 17.4 Å². The van der Waals surface area contributed by atoms with E-state index in [-0.39, 0.29) is 23.3 Å². The summed E-state index contributed by atoms with van der Waals surface area (Å²) in [5.74, 6) is 0.234. The van der Waals surface area contributed by atoms with Gasteiger partial charge in [-0.25, -0.2) is 0 Å². The maximum atomic E-state index is 4.18. The lowest BCUT2D eigenvalue weighted by molar-refractivity contribution is 1.02. The highest BCUT2D eigenvalue weighted by molar-refractivity contribution is 5.75. The molecular weight excluding hydrogens is 195 g/mol. The van der Waals surface area contributed by atoms with Gasteiger partial charge in [-0.3, -0.25) is 0 Å². The molecule has 75 valence electrons. The lowest BCUT2D eigenvalue weighted by Gasteiger charge is -2.11. The monoisotopic (exact) mass is 211 g/mol. The van der Waals surface area contributed by atoms with Gasteiger partial charge < -0.3 is 0 Å². The largest absolute Gasteiger partial charge is 0.187 e. The molecule has 0 nitrogen and oxygen atoms in total. The summed E-state index contributed by atoms with van der Waals surface area (Å²) in [6.45, 7) is 4.18. The lowest BCUT2D eigenvalue weighted by atomic mass is 9.93. The Morgan fingerprint density at radius 3 is 1.33 bits per heavy atom. The molecule has 0 unspecified atom stereocenters. The van der Waals surface area contributed by atoms with Gasteiger partial charge in [-0.1, -0.05) is 60.7 Å². The van der Waals surface area contributed by atoms with Crippen LogP contribution >= 0.6 is 0 Å². The Morgan fingerprint density at radius 1 is 0.667 bits per heavy atom. The fraction of sp³-hybridized carbons (Fsp3) is 0.0714.